The lowest BCUT2D eigenvalue weighted by Gasteiger charge is -2.40. The molecule has 0 bridgehead atoms. The molecule has 1 heterocycles. The van der Waals surface area contributed by atoms with Crippen molar-refractivity contribution in [2.45, 2.75) is 198 Å². The van der Waals surface area contributed by atoms with E-state index in [9.17, 15) is 30.3 Å². The van der Waals surface area contributed by atoms with E-state index in [-0.39, 0.29) is 12.5 Å². The largest absolute Gasteiger partial charge is 0.394 e. The molecular weight excluding hydrogens is 646 g/mol. The van der Waals surface area contributed by atoms with Crippen molar-refractivity contribution in [3.8, 4) is 0 Å². The van der Waals surface area contributed by atoms with Gasteiger partial charge < -0.3 is 40.3 Å². The number of aliphatic hydroxyl groups excluding tert-OH is 5. The van der Waals surface area contributed by atoms with Crippen LogP contribution in [-0.4, -0.2) is 87.5 Å². The minimum atomic E-state index is -1.57. The molecule has 0 aromatic heterocycles. The van der Waals surface area contributed by atoms with Crippen molar-refractivity contribution in [1.29, 1.82) is 0 Å². The molecule has 9 heteroatoms. The van der Waals surface area contributed by atoms with Crippen molar-refractivity contribution in [2.24, 2.45) is 0 Å². The molecule has 7 unspecified atom stereocenters. The number of hydrogen-bond acceptors (Lipinski definition) is 8. The maximum absolute atomic E-state index is 12.9. The topological polar surface area (TPSA) is 149 Å². The van der Waals surface area contributed by atoms with E-state index < -0.39 is 49.5 Å². The van der Waals surface area contributed by atoms with E-state index in [4.69, 9.17) is 9.47 Å². The smallest absolute Gasteiger partial charge is 0.220 e. The van der Waals surface area contributed by atoms with Crippen molar-refractivity contribution >= 4 is 5.91 Å². The van der Waals surface area contributed by atoms with Crippen LogP contribution in [0.3, 0.4) is 0 Å². The van der Waals surface area contributed by atoms with Gasteiger partial charge in [-0.15, -0.1) is 0 Å². The van der Waals surface area contributed by atoms with Crippen molar-refractivity contribution in [3.63, 3.8) is 0 Å². The van der Waals surface area contributed by atoms with E-state index in [1.54, 1.807) is 6.08 Å². The molecule has 6 N–H and O–H groups in total. The number of allylic oxidation sites excluding steroid dienone is 7. The first kappa shape index (κ1) is 47.2. The molecule has 0 aromatic rings. The highest BCUT2D eigenvalue weighted by molar-refractivity contribution is 5.76. The Balaban J connectivity index is 2.47. The summed E-state index contributed by atoms with van der Waals surface area (Å²) >= 11 is 0. The van der Waals surface area contributed by atoms with Crippen LogP contribution in [0.1, 0.15) is 155 Å². The van der Waals surface area contributed by atoms with E-state index >= 15 is 0 Å². The van der Waals surface area contributed by atoms with Gasteiger partial charge in [0.15, 0.2) is 6.29 Å². The van der Waals surface area contributed by atoms with Gasteiger partial charge in [0.25, 0.3) is 0 Å². The van der Waals surface area contributed by atoms with E-state index in [2.05, 4.69) is 55.6 Å². The highest BCUT2D eigenvalue weighted by atomic mass is 16.7. The molecule has 0 radical (unpaired) electrons. The average molecular weight is 722 g/mol. The number of rotatable bonds is 32. The summed E-state index contributed by atoms with van der Waals surface area (Å²) in [5, 5.41) is 53.9. The normalized spacial score (nSPS) is 22.5. The lowest BCUT2D eigenvalue weighted by Crippen LogP contribution is -2.60. The van der Waals surface area contributed by atoms with Crippen LogP contribution in [0.4, 0.5) is 0 Å². The average Bonchev–Trinajstić information content (AvgIpc) is 3.13. The summed E-state index contributed by atoms with van der Waals surface area (Å²) in [6.45, 7) is 3.67. The summed E-state index contributed by atoms with van der Waals surface area (Å²) in [6, 6.07) is -0.828. The molecule has 1 saturated heterocycles. The first-order valence-electron chi connectivity index (χ1n) is 20.4. The molecular formula is C42H75NO8. The van der Waals surface area contributed by atoms with Crippen molar-refractivity contribution in [3.05, 3.63) is 48.6 Å². The third-order valence-electron chi connectivity index (χ3n) is 9.35. The minimum Gasteiger partial charge on any atom is -0.394 e. The van der Waals surface area contributed by atoms with Crippen LogP contribution in [0, 0.1) is 0 Å². The Bertz CT molecular complexity index is 936. The van der Waals surface area contributed by atoms with Crippen LogP contribution in [0.25, 0.3) is 0 Å². The Morgan fingerprint density at radius 3 is 1.69 bits per heavy atom. The van der Waals surface area contributed by atoms with E-state index in [0.717, 1.165) is 64.2 Å². The first-order valence-corrected chi connectivity index (χ1v) is 20.4. The molecule has 1 aliphatic rings. The van der Waals surface area contributed by atoms with Gasteiger partial charge in [0.2, 0.25) is 5.91 Å². The van der Waals surface area contributed by atoms with Crippen molar-refractivity contribution < 1.29 is 39.8 Å². The van der Waals surface area contributed by atoms with Crippen LogP contribution >= 0.6 is 0 Å². The molecule has 7 atom stereocenters. The second kappa shape index (κ2) is 32.8. The zero-order valence-electron chi connectivity index (χ0n) is 32.1. The third kappa shape index (κ3) is 24.2. The summed E-state index contributed by atoms with van der Waals surface area (Å²) < 4.78 is 11.1. The number of nitrogens with one attached hydrogen (secondary N) is 1. The Kier molecular flexibility index (Phi) is 30.3. The SMILES string of the molecule is CCCCC/C=C/CC/C=C/CC/C=C/C(O)C(COC1OC(CO)C(O)C(O)C1O)NC(=O)CCCCCCCCC/C=C\CCCCCC. The number of aliphatic hydroxyl groups is 5. The zero-order chi connectivity index (χ0) is 37.4. The second-order valence-corrected chi connectivity index (χ2v) is 14.1. The quantitative estimate of drug-likeness (QED) is 0.0309. The van der Waals surface area contributed by atoms with E-state index in [1.165, 1.54) is 70.6 Å². The lowest BCUT2D eigenvalue weighted by molar-refractivity contribution is -0.302. The number of unbranched alkanes of at least 4 members (excludes halogenated alkanes) is 16. The molecule has 0 spiro atoms. The van der Waals surface area contributed by atoms with Gasteiger partial charge in [-0.05, 0) is 70.6 Å². The van der Waals surface area contributed by atoms with Gasteiger partial charge in [-0.25, -0.2) is 0 Å². The number of amides is 1. The van der Waals surface area contributed by atoms with Gasteiger partial charge in [-0.2, -0.15) is 0 Å². The van der Waals surface area contributed by atoms with Crippen LogP contribution in [0.15, 0.2) is 48.6 Å². The second-order valence-electron chi connectivity index (χ2n) is 14.1. The summed E-state index contributed by atoms with van der Waals surface area (Å²) in [7, 11) is 0. The number of carbonyl (C=O) groups excluding carboxylic acids is 1. The van der Waals surface area contributed by atoms with Gasteiger partial charge in [0.05, 0.1) is 25.4 Å². The Labute approximate surface area is 310 Å². The summed E-state index contributed by atoms with van der Waals surface area (Å²) in [5.74, 6) is -0.200. The maximum Gasteiger partial charge on any atom is 0.220 e. The molecule has 0 aliphatic carbocycles. The monoisotopic (exact) mass is 722 g/mol. The molecule has 1 rings (SSSR count). The van der Waals surface area contributed by atoms with Gasteiger partial charge in [-0.3, -0.25) is 4.79 Å². The van der Waals surface area contributed by atoms with Crippen molar-refractivity contribution in [1.82, 2.24) is 5.32 Å². The van der Waals surface area contributed by atoms with Gasteiger partial charge in [0.1, 0.15) is 24.4 Å². The van der Waals surface area contributed by atoms with E-state index in [1.807, 2.05) is 6.08 Å². The maximum atomic E-state index is 12.9. The molecule has 296 valence electrons. The van der Waals surface area contributed by atoms with Gasteiger partial charge in [-0.1, -0.05) is 127 Å². The molecule has 0 saturated carbocycles. The minimum absolute atomic E-state index is 0.200. The van der Waals surface area contributed by atoms with E-state index in [0.29, 0.717) is 6.42 Å². The Hall–Kier alpha value is -1.85. The molecule has 1 amide bonds. The summed E-state index contributed by atoms with van der Waals surface area (Å²) in [5.41, 5.74) is 0. The Morgan fingerprint density at radius 2 is 1.12 bits per heavy atom. The van der Waals surface area contributed by atoms with Crippen LogP contribution in [-0.2, 0) is 14.3 Å². The predicted octanol–water partition coefficient (Wildman–Crippen LogP) is 7.50. The van der Waals surface area contributed by atoms with Gasteiger partial charge >= 0.3 is 0 Å². The highest BCUT2D eigenvalue weighted by Crippen LogP contribution is 2.22. The molecule has 1 aliphatic heterocycles. The summed E-state index contributed by atoms with van der Waals surface area (Å²) in [6.07, 6.45) is 32.9. The molecule has 0 aromatic carbocycles. The van der Waals surface area contributed by atoms with Gasteiger partial charge in [0, 0.05) is 6.42 Å². The van der Waals surface area contributed by atoms with Crippen molar-refractivity contribution in [2.75, 3.05) is 13.2 Å². The summed E-state index contributed by atoms with van der Waals surface area (Å²) in [4.78, 5) is 12.9. The molecule has 1 fully saturated rings. The first-order chi connectivity index (χ1) is 24.8. The standard InChI is InChI=1S/C42H75NO8/c1-3-5-7-9-11-13-15-17-18-20-22-24-26-28-30-32-38(46)43-35(34-50-42-41(49)40(48)39(47)37(33-44)51-42)36(45)31-29-27-25-23-21-19-16-14-12-10-8-6-4-2/h12-15,21,23,29,31,35-37,39-42,44-45,47-49H,3-11,16-20,22,24-28,30,32-34H2,1-2H3,(H,43,46)/b14-12+,15-13-,23-21+,31-29+. The number of hydrogen-bond donors (Lipinski definition) is 6. The zero-order valence-corrected chi connectivity index (χ0v) is 32.1. The predicted molar refractivity (Wildman–Crippen MR) is 207 cm³/mol. The fraction of sp³-hybridized carbons (Fsp3) is 0.786. The highest BCUT2D eigenvalue weighted by Gasteiger charge is 2.44. The number of ether oxygens (including phenoxy) is 2. The third-order valence-corrected chi connectivity index (χ3v) is 9.35. The molecule has 51 heavy (non-hydrogen) atoms. The van der Waals surface area contributed by atoms with Crippen LogP contribution < -0.4 is 5.32 Å². The molecule has 9 nitrogen and oxygen atoms in total. The van der Waals surface area contributed by atoms with Crippen LogP contribution in [0.5, 0.6) is 0 Å². The van der Waals surface area contributed by atoms with Crippen LogP contribution in [0.2, 0.25) is 0 Å². The fourth-order valence-electron chi connectivity index (χ4n) is 6.00. The number of carbonyl (C=O) groups is 1. The Morgan fingerprint density at radius 1 is 0.647 bits per heavy atom. The fourth-order valence-corrected chi connectivity index (χ4v) is 6.00. The lowest BCUT2D eigenvalue weighted by atomic mass is 9.99.